The highest BCUT2D eigenvalue weighted by molar-refractivity contribution is 5.69. The van der Waals surface area contributed by atoms with E-state index in [2.05, 4.69) is 29.1 Å². The highest BCUT2D eigenvalue weighted by Crippen LogP contribution is 2.29. The molecule has 5 nitrogen and oxygen atoms in total. The van der Waals surface area contributed by atoms with Gasteiger partial charge in [-0.3, -0.25) is 4.79 Å². The maximum absolute atomic E-state index is 10.9. The average Bonchev–Trinajstić information content (AvgIpc) is 2.45. The Bertz CT molecular complexity index is 494. The number of carboxylic acid groups (broad SMARTS) is 1. The van der Waals surface area contributed by atoms with Gasteiger partial charge in [0.2, 0.25) is 5.95 Å². The van der Waals surface area contributed by atoms with E-state index in [0.29, 0.717) is 17.8 Å². The van der Waals surface area contributed by atoms with Crippen molar-refractivity contribution in [1.29, 1.82) is 0 Å². The first-order valence-corrected chi connectivity index (χ1v) is 7.78. The summed E-state index contributed by atoms with van der Waals surface area (Å²) in [5, 5.41) is 12.3. The zero-order valence-corrected chi connectivity index (χ0v) is 13.1. The van der Waals surface area contributed by atoms with Crippen molar-refractivity contribution in [1.82, 2.24) is 9.97 Å². The van der Waals surface area contributed by atoms with Crippen molar-refractivity contribution >= 4 is 11.9 Å². The van der Waals surface area contributed by atoms with E-state index in [0.717, 1.165) is 43.6 Å². The Morgan fingerprint density at radius 2 is 2.00 bits per heavy atom. The quantitative estimate of drug-likeness (QED) is 0.871. The van der Waals surface area contributed by atoms with Gasteiger partial charge in [-0.2, -0.15) is 0 Å². The van der Waals surface area contributed by atoms with E-state index >= 15 is 0 Å². The van der Waals surface area contributed by atoms with E-state index in [9.17, 15) is 4.79 Å². The van der Waals surface area contributed by atoms with Gasteiger partial charge in [-0.15, -0.1) is 0 Å². The molecular weight excluding hydrogens is 266 g/mol. The molecule has 2 rings (SSSR count). The minimum Gasteiger partial charge on any atom is -0.481 e. The Balaban J connectivity index is 1.88. The van der Waals surface area contributed by atoms with Gasteiger partial charge in [0.05, 0.1) is 5.92 Å². The fraction of sp³-hybridized carbons (Fsp3) is 0.688. The van der Waals surface area contributed by atoms with Gasteiger partial charge in [0.15, 0.2) is 0 Å². The summed E-state index contributed by atoms with van der Waals surface area (Å²) >= 11 is 0. The summed E-state index contributed by atoms with van der Waals surface area (Å²) in [6.45, 7) is 7.06. The number of rotatable bonds is 5. The van der Waals surface area contributed by atoms with Crippen molar-refractivity contribution in [2.75, 3.05) is 11.9 Å². The van der Waals surface area contributed by atoms with E-state index in [-0.39, 0.29) is 5.92 Å². The molecule has 0 aliphatic heterocycles. The number of hydrogen-bond donors (Lipinski definition) is 2. The van der Waals surface area contributed by atoms with Crippen LogP contribution in [0.5, 0.6) is 0 Å². The molecule has 0 saturated heterocycles. The van der Waals surface area contributed by atoms with Crippen molar-refractivity contribution in [2.45, 2.75) is 52.4 Å². The molecule has 1 aliphatic carbocycles. The van der Waals surface area contributed by atoms with Crippen LogP contribution >= 0.6 is 0 Å². The largest absolute Gasteiger partial charge is 0.481 e. The zero-order chi connectivity index (χ0) is 15.4. The first-order chi connectivity index (χ1) is 9.95. The summed E-state index contributed by atoms with van der Waals surface area (Å²) in [7, 11) is 0. The number of aliphatic carboxylic acids is 1. The van der Waals surface area contributed by atoms with E-state index in [1.165, 1.54) is 0 Å². The Labute approximate surface area is 126 Å². The maximum Gasteiger partial charge on any atom is 0.306 e. The molecule has 0 aromatic carbocycles. The molecule has 1 fully saturated rings. The SMILES string of the molecule is Cc1cc(C(C)C)nc(NCC2CCC(C(=O)O)CC2)n1. The minimum atomic E-state index is -0.648. The summed E-state index contributed by atoms with van der Waals surface area (Å²) < 4.78 is 0. The lowest BCUT2D eigenvalue weighted by molar-refractivity contribution is -0.143. The molecule has 21 heavy (non-hydrogen) atoms. The number of aryl methyl sites for hydroxylation is 1. The molecule has 1 aromatic heterocycles. The van der Waals surface area contributed by atoms with Crippen LogP contribution < -0.4 is 5.32 Å². The molecule has 0 spiro atoms. The van der Waals surface area contributed by atoms with Crippen LogP contribution in [0.3, 0.4) is 0 Å². The summed E-state index contributed by atoms with van der Waals surface area (Å²) in [6, 6.07) is 2.02. The predicted molar refractivity (Wildman–Crippen MR) is 82.4 cm³/mol. The van der Waals surface area contributed by atoms with Crippen molar-refractivity contribution in [3.05, 3.63) is 17.5 Å². The smallest absolute Gasteiger partial charge is 0.306 e. The molecule has 0 unspecified atom stereocenters. The first-order valence-electron chi connectivity index (χ1n) is 7.78. The normalized spacial score (nSPS) is 22.3. The Kier molecular flexibility index (Phi) is 5.15. The predicted octanol–water partition coefficient (Wildman–Crippen LogP) is 3.21. The number of anilines is 1. The number of hydrogen-bond acceptors (Lipinski definition) is 4. The third kappa shape index (κ3) is 4.41. The van der Waals surface area contributed by atoms with E-state index < -0.39 is 5.97 Å². The van der Waals surface area contributed by atoms with Crippen LogP contribution in [0.4, 0.5) is 5.95 Å². The average molecular weight is 291 g/mol. The number of carbonyl (C=O) groups is 1. The van der Waals surface area contributed by atoms with Crippen molar-refractivity contribution in [3.8, 4) is 0 Å². The molecule has 0 atom stereocenters. The molecule has 1 aliphatic rings. The van der Waals surface area contributed by atoms with Crippen LogP contribution in [0.25, 0.3) is 0 Å². The molecular formula is C16H25N3O2. The lowest BCUT2D eigenvalue weighted by atomic mass is 9.82. The molecule has 5 heteroatoms. The van der Waals surface area contributed by atoms with E-state index in [1.807, 2.05) is 13.0 Å². The number of carboxylic acids is 1. The number of aromatic nitrogens is 2. The molecule has 0 radical (unpaired) electrons. The second-order valence-electron chi connectivity index (χ2n) is 6.35. The minimum absolute atomic E-state index is 0.149. The van der Waals surface area contributed by atoms with Crippen LogP contribution in [-0.2, 0) is 4.79 Å². The van der Waals surface area contributed by atoms with Crippen LogP contribution in [-0.4, -0.2) is 27.6 Å². The molecule has 0 bridgehead atoms. The van der Waals surface area contributed by atoms with Gasteiger partial charge in [-0.05, 0) is 50.5 Å². The summed E-state index contributed by atoms with van der Waals surface area (Å²) in [6.07, 6.45) is 3.50. The van der Waals surface area contributed by atoms with Gasteiger partial charge >= 0.3 is 5.97 Å². The van der Waals surface area contributed by atoms with Crippen LogP contribution in [0.1, 0.15) is 56.8 Å². The van der Waals surface area contributed by atoms with Crippen LogP contribution in [0.15, 0.2) is 6.07 Å². The molecule has 1 aromatic rings. The monoisotopic (exact) mass is 291 g/mol. The highest BCUT2D eigenvalue weighted by atomic mass is 16.4. The first kappa shape index (κ1) is 15.7. The standard InChI is InChI=1S/C16H25N3O2/c1-10(2)14-8-11(3)18-16(19-14)17-9-12-4-6-13(7-5-12)15(20)21/h8,10,12-13H,4-7,9H2,1-3H3,(H,20,21)(H,17,18,19). The van der Waals surface area contributed by atoms with Gasteiger partial charge in [0.25, 0.3) is 0 Å². The fourth-order valence-electron chi connectivity index (χ4n) is 2.82. The van der Waals surface area contributed by atoms with Gasteiger partial charge in [-0.25, -0.2) is 9.97 Å². The highest BCUT2D eigenvalue weighted by Gasteiger charge is 2.25. The van der Waals surface area contributed by atoms with Gasteiger partial charge in [0.1, 0.15) is 0 Å². The fourth-order valence-corrected chi connectivity index (χ4v) is 2.82. The molecule has 0 amide bonds. The zero-order valence-electron chi connectivity index (χ0n) is 13.1. The molecule has 116 valence electrons. The Morgan fingerprint density at radius 1 is 1.33 bits per heavy atom. The molecule has 1 saturated carbocycles. The molecule has 2 N–H and O–H groups in total. The Hall–Kier alpha value is -1.65. The summed E-state index contributed by atoms with van der Waals surface area (Å²) in [5.41, 5.74) is 2.03. The van der Waals surface area contributed by atoms with E-state index in [1.54, 1.807) is 0 Å². The van der Waals surface area contributed by atoms with Gasteiger partial charge in [0, 0.05) is 17.9 Å². The lowest BCUT2D eigenvalue weighted by Gasteiger charge is -2.26. The second-order valence-corrected chi connectivity index (χ2v) is 6.35. The lowest BCUT2D eigenvalue weighted by Crippen LogP contribution is -2.25. The maximum atomic E-state index is 10.9. The van der Waals surface area contributed by atoms with Gasteiger partial charge in [-0.1, -0.05) is 13.8 Å². The third-order valence-corrected chi connectivity index (χ3v) is 4.21. The molecule has 1 heterocycles. The third-order valence-electron chi connectivity index (χ3n) is 4.21. The van der Waals surface area contributed by atoms with Gasteiger partial charge < -0.3 is 10.4 Å². The second kappa shape index (κ2) is 6.87. The Morgan fingerprint density at radius 3 is 2.57 bits per heavy atom. The van der Waals surface area contributed by atoms with Crippen LogP contribution in [0, 0.1) is 18.8 Å². The van der Waals surface area contributed by atoms with E-state index in [4.69, 9.17) is 5.11 Å². The van der Waals surface area contributed by atoms with Crippen LogP contribution in [0.2, 0.25) is 0 Å². The number of nitrogens with one attached hydrogen (secondary N) is 1. The summed E-state index contributed by atoms with van der Waals surface area (Å²) in [5.74, 6) is 0.804. The number of nitrogens with zero attached hydrogens (tertiary/aromatic N) is 2. The van der Waals surface area contributed by atoms with Crippen molar-refractivity contribution in [3.63, 3.8) is 0 Å². The topological polar surface area (TPSA) is 75.1 Å². The van der Waals surface area contributed by atoms with Crippen molar-refractivity contribution < 1.29 is 9.90 Å². The van der Waals surface area contributed by atoms with Crippen molar-refractivity contribution in [2.24, 2.45) is 11.8 Å². The summed E-state index contributed by atoms with van der Waals surface area (Å²) in [4.78, 5) is 19.9.